The van der Waals surface area contributed by atoms with Gasteiger partial charge in [-0.15, -0.1) is 0 Å². The molecule has 1 heterocycles. The van der Waals surface area contributed by atoms with Gasteiger partial charge in [-0.2, -0.15) is 0 Å². The molecule has 0 fully saturated rings. The average molecular weight is 446 g/mol. The molecular weight excluding hydrogens is 422 g/mol. The Hall–Kier alpha value is -4.64. The third-order valence-electron chi connectivity index (χ3n) is 5.44. The van der Waals surface area contributed by atoms with Gasteiger partial charge in [0.1, 0.15) is 11.5 Å². The molecule has 1 N–H and O–H groups in total. The fourth-order valence-electron chi connectivity index (χ4n) is 3.81. The zero-order chi connectivity index (χ0) is 23.3. The molecule has 0 bridgehead atoms. The van der Waals surface area contributed by atoms with Crippen LogP contribution in [0.2, 0.25) is 0 Å². The average Bonchev–Trinajstić information content (AvgIpc) is 3.24. The number of hydrogen-bond donors (Lipinski definition) is 1. The van der Waals surface area contributed by atoms with Crippen molar-refractivity contribution in [3.8, 4) is 28.4 Å². The van der Waals surface area contributed by atoms with Crippen LogP contribution in [0.25, 0.3) is 16.9 Å². The van der Waals surface area contributed by atoms with Crippen molar-refractivity contribution in [2.75, 3.05) is 0 Å². The Morgan fingerprint density at radius 2 is 1.29 bits per heavy atom. The van der Waals surface area contributed by atoms with Gasteiger partial charge in [0.2, 0.25) is 0 Å². The molecule has 0 aliphatic carbocycles. The van der Waals surface area contributed by atoms with Crippen LogP contribution in [-0.4, -0.2) is 15.5 Å². The Labute approximate surface area is 197 Å². The van der Waals surface area contributed by atoms with Gasteiger partial charge in [0.05, 0.1) is 28.3 Å². The number of H-pyrrole nitrogens is 1. The van der Waals surface area contributed by atoms with Crippen LogP contribution >= 0.6 is 0 Å². The lowest BCUT2D eigenvalue weighted by atomic mass is 10.1. The number of para-hydroxylation sites is 2. The minimum Gasteiger partial charge on any atom is -0.457 e. The normalized spacial score (nSPS) is 11.4. The van der Waals surface area contributed by atoms with Gasteiger partial charge in [-0.05, 0) is 55.5 Å². The molecule has 5 nitrogen and oxygen atoms in total. The van der Waals surface area contributed by atoms with E-state index in [2.05, 4.69) is 5.10 Å². The van der Waals surface area contributed by atoms with E-state index in [1.807, 2.05) is 122 Å². The highest BCUT2D eigenvalue weighted by Gasteiger charge is 2.19. The first-order chi connectivity index (χ1) is 16.7. The van der Waals surface area contributed by atoms with Crippen LogP contribution in [0.3, 0.4) is 0 Å². The highest BCUT2D eigenvalue weighted by Crippen LogP contribution is 2.26. The minimum absolute atomic E-state index is 0.143. The van der Waals surface area contributed by atoms with Crippen LogP contribution in [0.5, 0.6) is 11.5 Å². The molecule has 5 rings (SSSR count). The monoisotopic (exact) mass is 445 g/mol. The number of rotatable bonds is 6. The van der Waals surface area contributed by atoms with Crippen molar-refractivity contribution in [2.24, 2.45) is 4.99 Å². The summed E-state index contributed by atoms with van der Waals surface area (Å²) >= 11 is 0. The van der Waals surface area contributed by atoms with E-state index in [1.54, 1.807) is 4.68 Å². The zero-order valence-corrected chi connectivity index (χ0v) is 18.7. The van der Waals surface area contributed by atoms with Gasteiger partial charge < -0.3 is 4.74 Å². The first-order valence-corrected chi connectivity index (χ1v) is 11.0. The van der Waals surface area contributed by atoms with Gasteiger partial charge in [0, 0.05) is 5.56 Å². The number of aromatic nitrogens is 2. The van der Waals surface area contributed by atoms with Gasteiger partial charge in [-0.25, -0.2) is 4.68 Å². The van der Waals surface area contributed by atoms with E-state index in [-0.39, 0.29) is 5.56 Å². The second-order valence-corrected chi connectivity index (χ2v) is 7.81. The van der Waals surface area contributed by atoms with Crippen LogP contribution < -0.4 is 10.3 Å². The molecule has 0 aliphatic heterocycles. The van der Waals surface area contributed by atoms with Crippen molar-refractivity contribution >= 4 is 11.4 Å². The van der Waals surface area contributed by atoms with Crippen molar-refractivity contribution in [2.45, 2.75) is 6.92 Å². The number of aromatic amines is 1. The molecule has 0 spiro atoms. The molecule has 0 radical (unpaired) electrons. The summed E-state index contributed by atoms with van der Waals surface area (Å²) < 4.78 is 7.43. The van der Waals surface area contributed by atoms with Gasteiger partial charge >= 0.3 is 0 Å². The summed E-state index contributed by atoms with van der Waals surface area (Å²) in [5.41, 5.74) is 4.20. The lowest BCUT2D eigenvalue weighted by Gasteiger charge is -2.06. The van der Waals surface area contributed by atoms with E-state index < -0.39 is 0 Å². The van der Waals surface area contributed by atoms with Crippen molar-refractivity contribution in [1.82, 2.24) is 9.78 Å². The summed E-state index contributed by atoms with van der Waals surface area (Å²) in [5, 5.41) is 3.29. The van der Waals surface area contributed by atoms with Gasteiger partial charge in [0.25, 0.3) is 5.56 Å². The number of aliphatic imine (C=N–C) groups is 1. The first kappa shape index (κ1) is 21.2. The van der Waals surface area contributed by atoms with Crippen molar-refractivity contribution in [3.63, 3.8) is 0 Å². The van der Waals surface area contributed by atoms with Crippen molar-refractivity contribution < 1.29 is 4.74 Å². The molecule has 5 heteroatoms. The lowest BCUT2D eigenvalue weighted by Crippen LogP contribution is -2.19. The van der Waals surface area contributed by atoms with Crippen LogP contribution in [0.4, 0.5) is 5.69 Å². The van der Waals surface area contributed by atoms with Crippen LogP contribution in [-0.2, 0) is 0 Å². The van der Waals surface area contributed by atoms with Crippen LogP contribution in [0.15, 0.2) is 125 Å². The summed E-state index contributed by atoms with van der Waals surface area (Å²) in [6.07, 6.45) is 0. The second-order valence-electron chi connectivity index (χ2n) is 7.81. The molecule has 5 aromatic rings. The van der Waals surface area contributed by atoms with E-state index in [0.717, 1.165) is 34.1 Å². The maximum absolute atomic E-state index is 13.5. The Bertz CT molecular complexity index is 1470. The quantitative estimate of drug-likeness (QED) is 0.293. The zero-order valence-electron chi connectivity index (χ0n) is 18.7. The Morgan fingerprint density at radius 3 is 1.94 bits per heavy atom. The predicted octanol–water partition coefficient (Wildman–Crippen LogP) is 6.77. The minimum atomic E-state index is -0.143. The number of ether oxygens (including phenoxy) is 1. The van der Waals surface area contributed by atoms with Crippen molar-refractivity contribution in [3.05, 3.63) is 131 Å². The highest BCUT2D eigenvalue weighted by molar-refractivity contribution is 6.04. The fourth-order valence-corrected chi connectivity index (χ4v) is 3.81. The highest BCUT2D eigenvalue weighted by atomic mass is 16.5. The predicted molar refractivity (Wildman–Crippen MR) is 137 cm³/mol. The first-order valence-electron chi connectivity index (χ1n) is 11.0. The number of nitrogens with zero attached hydrogens (tertiary/aromatic N) is 2. The molecule has 0 aliphatic rings. The molecular formula is C29H23N3O2. The SMILES string of the molecule is CC(=Nc1ccc(Oc2ccccc2)cc1)c1c(-c2ccccc2)[nH]n(-c2ccccc2)c1=O. The number of nitrogens with one attached hydrogen (secondary N) is 1. The van der Waals surface area contributed by atoms with E-state index in [0.29, 0.717) is 11.3 Å². The third kappa shape index (κ3) is 4.45. The molecule has 0 atom stereocenters. The van der Waals surface area contributed by atoms with E-state index in [1.165, 1.54) is 0 Å². The van der Waals surface area contributed by atoms with Crippen molar-refractivity contribution in [1.29, 1.82) is 0 Å². The van der Waals surface area contributed by atoms with Gasteiger partial charge in [-0.1, -0.05) is 66.7 Å². The molecule has 0 saturated carbocycles. The molecule has 166 valence electrons. The lowest BCUT2D eigenvalue weighted by molar-refractivity contribution is 0.483. The molecule has 0 saturated heterocycles. The van der Waals surface area contributed by atoms with Gasteiger partial charge in [0.15, 0.2) is 0 Å². The number of hydrogen-bond acceptors (Lipinski definition) is 3. The molecule has 4 aromatic carbocycles. The van der Waals surface area contributed by atoms with E-state index in [4.69, 9.17) is 9.73 Å². The van der Waals surface area contributed by atoms with E-state index in [9.17, 15) is 4.79 Å². The molecule has 0 unspecified atom stereocenters. The maximum atomic E-state index is 13.5. The van der Waals surface area contributed by atoms with Gasteiger partial charge in [-0.3, -0.25) is 14.9 Å². The summed E-state index contributed by atoms with van der Waals surface area (Å²) in [5.74, 6) is 1.50. The standard InChI is InChI=1S/C29H23N3O2/c1-21(30-23-17-19-26(20-18-23)34-25-15-9-4-10-16-25)27-28(22-11-5-2-6-12-22)31-32(29(27)33)24-13-7-3-8-14-24/h2-20,31H,1H3. The van der Waals surface area contributed by atoms with Crippen LogP contribution in [0.1, 0.15) is 12.5 Å². The summed E-state index contributed by atoms with van der Waals surface area (Å²) in [7, 11) is 0. The second kappa shape index (κ2) is 9.46. The fraction of sp³-hybridized carbons (Fsp3) is 0.0345. The largest absolute Gasteiger partial charge is 0.457 e. The summed E-state index contributed by atoms with van der Waals surface area (Å²) in [6.45, 7) is 1.86. The third-order valence-corrected chi connectivity index (χ3v) is 5.44. The maximum Gasteiger partial charge on any atom is 0.280 e. The van der Waals surface area contributed by atoms with Crippen LogP contribution in [0, 0.1) is 0 Å². The summed E-state index contributed by atoms with van der Waals surface area (Å²) in [6, 6.07) is 36.5. The summed E-state index contributed by atoms with van der Waals surface area (Å²) in [4.78, 5) is 18.2. The van der Waals surface area contributed by atoms with E-state index >= 15 is 0 Å². The molecule has 0 amide bonds. The number of benzene rings is 4. The smallest absolute Gasteiger partial charge is 0.280 e. The topological polar surface area (TPSA) is 59.4 Å². The Balaban J connectivity index is 1.52. The molecule has 34 heavy (non-hydrogen) atoms. The Morgan fingerprint density at radius 1 is 0.735 bits per heavy atom. The molecule has 1 aromatic heterocycles. The Kier molecular flexibility index (Phi) is 5.91.